The molecule has 0 amide bonds. The first-order chi connectivity index (χ1) is 9.12. The minimum Gasteiger partial charge on any atom is -0.357 e. The largest absolute Gasteiger partial charge is 0.357 e. The van der Waals surface area contributed by atoms with Gasteiger partial charge in [-0.3, -0.25) is 0 Å². The van der Waals surface area contributed by atoms with E-state index in [1.54, 1.807) is 0 Å². The van der Waals surface area contributed by atoms with Gasteiger partial charge in [0.25, 0.3) is 0 Å². The molecule has 0 aromatic carbocycles. The Kier molecular flexibility index (Phi) is 6.85. The Morgan fingerprint density at radius 2 is 2.00 bits per heavy atom. The molecule has 0 fully saturated rings. The first-order valence-electron chi connectivity index (χ1n) is 7.55. The molecule has 3 nitrogen and oxygen atoms in total. The van der Waals surface area contributed by atoms with Gasteiger partial charge in [-0.25, -0.2) is 4.98 Å². The van der Waals surface area contributed by atoms with E-state index in [0.717, 1.165) is 25.3 Å². The Balaban J connectivity index is 2.91. The number of hydrogen-bond acceptors (Lipinski definition) is 3. The van der Waals surface area contributed by atoms with Crippen LogP contribution in [0.25, 0.3) is 0 Å². The third-order valence-electron chi connectivity index (χ3n) is 3.60. The van der Waals surface area contributed by atoms with Gasteiger partial charge in [0.2, 0.25) is 0 Å². The molecule has 3 heteroatoms. The van der Waals surface area contributed by atoms with Crippen LogP contribution in [-0.4, -0.2) is 24.6 Å². The van der Waals surface area contributed by atoms with Crippen LogP contribution in [0.15, 0.2) is 12.1 Å². The number of nitrogens with one attached hydrogen (secondary N) is 1. The molecule has 108 valence electrons. The average molecular weight is 263 g/mol. The lowest BCUT2D eigenvalue weighted by Gasteiger charge is -2.26. The fourth-order valence-electron chi connectivity index (χ4n) is 2.20. The Hall–Kier alpha value is -1.09. The lowest BCUT2D eigenvalue weighted by Crippen LogP contribution is -2.29. The van der Waals surface area contributed by atoms with Gasteiger partial charge in [0.1, 0.15) is 5.82 Å². The summed E-state index contributed by atoms with van der Waals surface area (Å²) in [6, 6.07) is 4.97. The van der Waals surface area contributed by atoms with Gasteiger partial charge in [-0.2, -0.15) is 0 Å². The summed E-state index contributed by atoms with van der Waals surface area (Å²) in [5.74, 6) is 1.10. The van der Waals surface area contributed by atoms with Gasteiger partial charge in [0, 0.05) is 25.3 Å². The quantitative estimate of drug-likeness (QED) is 0.779. The highest BCUT2D eigenvalue weighted by atomic mass is 15.2. The zero-order valence-electron chi connectivity index (χ0n) is 13.2. The number of pyridine rings is 1. The van der Waals surface area contributed by atoms with Crippen molar-refractivity contribution in [2.75, 3.05) is 18.5 Å². The third-order valence-corrected chi connectivity index (χ3v) is 3.60. The predicted molar refractivity (Wildman–Crippen MR) is 83.8 cm³/mol. The molecular formula is C16H29N3. The second-order valence-electron chi connectivity index (χ2n) is 5.21. The molecule has 0 aliphatic heterocycles. The second kappa shape index (κ2) is 8.16. The summed E-state index contributed by atoms with van der Waals surface area (Å²) >= 11 is 0. The van der Waals surface area contributed by atoms with E-state index < -0.39 is 0 Å². The second-order valence-corrected chi connectivity index (χ2v) is 5.21. The number of aryl methyl sites for hydroxylation is 1. The van der Waals surface area contributed by atoms with Gasteiger partial charge in [-0.1, -0.05) is 27.2 Å². The van der Waals surface area contributed by atoms with Crippen molar-refractivity contribution in [2.45, 2.75) is 59.5 Å². The van der Waals surface area contributed by atoms with E-state index in [4.69, 9.17) is 4.98 Å². The van der Waals surface area contributed by atoms with Crippen molar-refractivity contribution in [1.29, 1.82) is 0 Å². The molecular weight excluding hydrogens is 234 g/mol. The van der Waals surface area contributed by atoms with Crippen molar-refractivity contribution in [3.8, 4) is 0 Å². The summed E-state index contributed by atoms with van der Waals surface area (Å²) in [6.45, 7) is 10.7. The van der Waals surface area contributed by atoms with Crippen LogP contribution in [0.5, 0.6) is 0 Å². The van der Waals surface area contributed by atoms with Gasteiger partial charge in [-0.05, 0) is 44.0 Å². The Morgan fingerprint density at radius 1 is 1.26 bits per heavy atom. The van der Waals surface area contributed by atoms with Crippen LogP contribution in [0.2, 0.25) is 0 Å². The molecule has 1 N–H and O–H groups in total. The first-order valence-corrected chi connectivity index (χ1v) is 7.55. The Labute approximate surface area is 118 Å². The molecule has 0 radical (unpaired) electrons. The van der Waals surface area contributed by atoms with Crippen LogP contribution in [0.3, 0.4) is 0 Å². The van der Waals surface area contributed by atoms with Crippen LogP contribution < -0.4 is 10.2 Å². The standard InChI is InChI=1S/C16H29N3/c1-6-9-13(4)19(5)16-11-14(12-17-8-3)10-15(7-2)18-16/h10-11,13,17H,6-9,12H2,1-5H3. The van der Waals surface area contributed by atoms with E-state index in [0.29, 0.717) is 6.04 Å². The SMILES string of the molecule is CCCC(C)N(C)c1cc(CNCC)cc(CC)n1. The normalized spacial score (nSPS) is 12.5. The molecule has 0 aliphatic rings. The van der Waals surface area contributed by atoms with Crippen molar-refractivity contribution < 1.29 is 0 Å². The van der Waals surface area contributed by atoms with Crippen molar-refractivity contribution in [2.24, 2.45) is 0 Å². The molecule has 1 atom stereocenters. The van der Waals surface area contributed by atoms with Crippen molar-refractivity contribution in [3.63, 3.8) is 0 Å². The minimum absolute atomic E-state index is 0.539. The topological polar surface area (TPSA) is 28.2 Å². The van der Waals surface area contributed by atoms with Crippen molar-refractivity contribution in [3.05, 3.63) is 23.4 Å². The van der Waals surface area contributed by atoms with Crippen LogP contribution in [-0.2, 0) is 13.0 Å². The highest BCUT2D eigenvalue weighted by molar-refractivity contribution is 5.43. The summed E-state index contributed by atoms with van der Waals surface area (Å²) < 4.78 is 0. The predicted octanol–water partition coefficient (Wildman–Crippen LogP) is 3.38. The maximum Gasteiger partial charge on any atom is 0.129 e. The Morgan fingerprint density at radius 3 is 2.58 bits per heavy atom. The molecule has 0 aliphatic carbocycles. The van der Waals surface area contributed by atoms with Crippen molar-refractivity contribution in [1.82, 2.24) is 10.3 Å². The molecule has 0 saturated heterocycles. The number of nitrogens with zero attached hydrogens (tertiary/aromatic N) is 2. The highest BCUT2D eigenvalue weighted by Gasteiger charge is 2.12. The summed E-state index contributed by atoms with van der Waals surface area (Å²) in [7, 11) is 2.15. The fraction of sp³-hybridized carbons (Fsp3) is 0.688. The van der Waals surface area contributed by atoms with Gasteiger partial charge in [0.15, 0.2) is 0 Å². The number of rotatable bonds is 8. The molecule has 1 unspecified atom stereocenters. The van der Waals surface area contributed by atoms with Gasteiger partial charge < -0.3 is 10.2 Å². The number of hydrogen-bond donors (Lipinski definition) is 1. The van der Waals surface area contributed by atoms with E-state index in [9.17, 15) is 0 Å². The third kappa shape index (κ3) is 4.83. The molecule has 0 bridgehead atoms. The summed E-state index contributed by atoms with van der Waals surface area (Å²) in [5, 5.41) is 3.39. The van der Waals surface area contributed by atoms with E-state index in [2.05, 4.69) is 57.1 Å². The van der Waals surface area contributed by atoms with E-state index in [1.807, 2.05) is 0 Å². The average Bonchev–Trinajstić information content (AvgIpc) is 2.44. The lowest BCUT2D eigenvalue weighted by atomic mass is 10.1. The van der Waals surface area contributed by atoms with E-state index in [1.165, 1.54) is 24.1 Å². The van der Waals surface area contributed by atoms with Crippen molar-refractivity contribution >= 4 is 5.82 Å². The van der Waals surface area contributed by atoms with Crippen LogP contribution in [0.1, 0.15) is 51.8 Å². The number of aromatic nitrogens is 1. The lowest BCUT2D eigenvalue weighted by molar-refractivity contribution is 0.609. The molecule has 1 heterocycles. The summed E-state index contributed by atoms with van der Waals surface area (Å²) in [5.41, 5.74) is 2.51. The number of anilines is 1. The smallest absolute Gasteiger partial charge is 0.129 e. The van der Waals surface area contributed by atoms with Gasteiger partial charge in [0.05, 0.1) is 0 Å². The van der Waals surface area contributed by atoms with E-state index in [-0.39, 0.29) is 0 Å². The zero-order chi connectivity index (χ0) is 14.3. The van der Waals surface area contributed by atoms with Gasteiger partial charge in [-0.15, -0.1) is 0 Å². The monoisotopic (exact) mass is 263 g/mol. The first kappa shape index (κ1) is 16.0. The fourth-order valence-corrected chi connectivity index (χ4v) is 2.20. The molecule has 1 aromatic heterocycles. The maximum absolute atomic E-state index is 4.76. The van der Waals surface area contributed by atoms with Gasteiger partial charge >= 0.3 is 0 Å². The molecule has 19 heavy (non-hydrogen) atoms. The highest BCUT2D eigenvalue weighted by Crippen LogP contribution is 2.18. The summed E-state index contributed by atoms with van der Waals surface area (Å²) in [4.78, 5) is 7.07. The maximum atomic E-state index is 4.76. The molecule has 1 aromatic rings. The summed E-state index contributed by atoms with van der Waals surface area (Å²) in [6.07, 6.45) is 3.41. The molecule has 1 rings (SSSR count). The van der Waals surface area contributed by atoms with E-state index >= 15 is 0 Å². The zero-order valence-corrected chi connectivity index (χ0v) is 13.2. The van der Waals surface area contributed by atoms with Crippen LogP contribution >= 0.6 is 0 Å². The minimum atomic E-state index is 0.539. The molecule has 0 saturated carbocycles. The van der Waals surface area contributed by atoms with Crippen LogP contribution in [0.4, 0.5) is 5.82 Å². The van der Waals surface area contributed by atoms with Crippen LogP contribution in [0, 0.1) is 0 Å². The Bertz CT molecular complexity index is 376. The molecule has 0 spiro atoms.